The van der Waals surface area contributed by atoms with Crippen molar-refractivity contribution in [1.29, 1.82) is 5.26 Å². The van der Waals surface area contributed by atoms with Gasteiger partial charge in [0.1, 0.15) is 11.6 Å². The lowest BCUT2D eigenvalue weighted by Gasteiger charge is -2.22. The first-order chi connectivity index (χ1) is 6.42. The predicted molar refractivity (Wildman–Crippen MR) is 51.4 cm³/mol. The molecule has 0 aliphatic carbocycles. The second-order valence-electron chi connectivity index (χ2n) is 4.51. The van der Waals surface area contributed by atoms with Gasteiger partial charge in [-0.1, -0.05) is 0 Å². The maximum Gasteiger partial charge on any atom is 0.323 e. The summed E-state index contributed by atoms with van der Waals surface area (Å²) in [5, 5.41) is 11.6. The van der Waals surface area contributed by atoms with E-state index >= 15 is 0 Å². The molecule has 1 aliphatic heterocycles. The van der Waals surface area contributed by atoms with Gasteiger partial charge in [0.15, 0.2) is 0 Å². The van der Waals surface area contributed by atoms with Crippen LogP contribution in [0.2, 0.25) is 0 Å². The van der Waals surface area contributed by atoms with Crippen molar-refractivity contribution in [1.82, 2.24) is 5.32 Å². The first kappa shape index (κ1) is 11.0. The van der Waals surface area contributed by atoms with Crippen LogP contribution in [0.15, 0.2) is 0 Å². The SMILES string of the molecule is CC(C)(C)OC(=O)[C@@H]1CC[C@@H](C#N)N1. The van der Waals surface area contributed by atoms with Gasteiger partial charge in [0, 0.05) is 0 Å². The van der Waals surface area contributed by atoms with E-state index in [1.807, 2.05) is 20.8 Å². The van der Waals surface area contributed by atoms with Crippen LogP contribution < -0.4 is 5.32 Å². The van der Waals surface area contributed by atoms with E-state index in [4.69, 9.17) is 10.00 Å². The van der Waals surface area contributed by atoms with E-state index in [-0.39, 0.29) is 18.1 Å². The smallest absolute Gasteiger partial charge is 0.323 e. The molecule has 4 nitrogen and oxygen atoms in total. The Hall–Kier alpha value is -1.08. The van der Waals surface area contributed by atoms with E-state index in [0.717, 1.165) is 6.42 Å². The predicted octanol–water partition coefficient (Wildman–Crippen LogP) is 0.972. The van der Waals surface area contributed by atoms with Gasteiger partial charge < -0.3 is 4.74 Å². The Morgan fingerprint density at radius 3 is 2.57 bits per heavy atom. The molecular weight excluding hydrogens is 180 g/mol. The fraction of sp³-hybridized carbons (Fsp3) is 0.800. The second kappa shape index (κ2) is 3.97. The molecule has 1 N–H and O–H groups in total. The van der Waals surface area contributed by atoms with E-state index in [1.54, 1.807) is 0 Å². The third-order valence-corrected chi connectivity index (χ3v) is 1.99. The molecule has 1 rings (SSSR count). The third kappa shape index (κ3) is 3.00. The average Bonchev–Trinajstić information content (AvgIpc) is 2.48. The van der Waals surface area contributed by atoms with Gasteiger partial charge in [0.2, 0.25) is 0 Å². The van der Waals surface area contributed by atoms with E-state index in [9.17, 15) is 4.79 Å². The lowest BCUT2D eigenvalue weighted by molar-refractivity contribution is -0.157. The number of esters is 1. The van der Waals surface area contributed by atoms with Crippen molar-refractivity contribution >= 4 is 5.97 Å². The Balaban J connectivity index is 2.45. The first-order valence-electron chi connectivity index (χ1n) is 4.81. The fourth-order valence-corrected chi connectivity index (χ4v) is 1.40. The number of rotatable bonds is 1. The van der Waals surface area contributed by atoms with Crippen LogP contribution in [0.4, 0.5) is 0 Å². The van der Waals surface area contributed by atoms with Crippen LogP contribution in [0.1, 0.15) is 33.6 Å². The number of carbonyl (C=O) groups is 1. The van der Waals surface area contributed by atoms with Crippen LogP contribution in [-0.2, 0) is 9.53 Å². The molecule has 1 fully saturated rings. The number of hydrogen-bond donors (Lipinski definition) is 1. The highest BCUT2D eigenvalue weighted by Gasteiger charge is 2.32. The minimum absolute atomic E-state index is 0.201. The summed E-state index contributed by atoms with van der Waals surface area (Å²) in [5.74, 6) is -0.254. The molecule has 0 radical (unpaired) electrons. The maximum atomic E-state index is 11.5. The summed E-state index contributed by atoms with van der Waals surface area (Å²) >= 11 is 0. The Morgan fingerprint density at radius 2 is 2.14 bits per heavy atom. The zero-order valence-corrected chi connectivity index (χ0v) is 8.83. The van der Waals surface area contributed by atoms with Gasteiger partial charge in [-0.3, -0.25) is 10.1 Å². The molecule has 0 unspecified atom stereocenters. The molecule has 1 heterocycles. The normalized spacial score (nSPS) is 27.0. The van der Waals surface area contributed by atoms with Crippen molar-refractivity contribution in [3.63, 3.8) is 0 Å². The molecule has 1 aliphatic rings. The van der Waals surface area contributed by atoms with Gasteiger partial charge in [0.05, 0.1) is 12.1 Å². The monoisotopic (exact) mass is 196 g/mol. The standard InChI is InChI=1S/C10H16N2O2/c1-10(2,3)14-9(13)8-5-4-7(6-11)12-8/h7-8,12H,4-5H2,1-3H3/t7-,8-/m0/s1. The Kier molecular flexibility index (Phi) is 3.12. The topological polar surface area (TPSA) is 62.1 Å². The van der Waals surface area contributed by atoms with Crippen LogP contribution in [0.25, 0.3) is 0 Å². The highest BCUT2D eigenvalue weighted by molar-refractivity contribution is 5.76. The summed E-state index contributed by atoms with van der Waals surface area (Å²) in [6.45, 7) is 5.50. The maximum absolute atomic E-state index is 11.5. The average molecular weight is 196 g/mol. The van der Waals surface area contributed by atoms with E-state index in [1.165, 1.54) is 0 Å². The summed E-state index contributed by atoms with van der Waals surface area (Å²) in [6, 6.07) is 1.58. The minimum atomic E-state index is -0.455. The molecule has 4 heteroatoms. The largest absolute Gasteiger partial charge is 0.459 e. The minimum Gasteiger partial charge on any atom is -0.459 e. The van der Waals surface area contributed by atoms with Crippen molar-refractivity contribution in [2.75, 3.05) is 0 Å². The van der Waals surface area contributed by atoms with Gasteiger partial charge in [-0.25, -0.2) is 0 Å². The molecule has 0 aromatic rings. The summed E-state index contributed by atoms with van der Waals surface area (Å²) < 4.78 is 5.20. The van der Waals surface area contributed by atoms with Crippen molar-refractivity contribution in [3.05, 3.63) is 0 Å². The second-order valence-corrected chi connectivity index (χ2v) is 4.51. The number of nitrogens with one attached hydrogen (secondary N) is 1. The molecule has 0 amide bonds. The summed E-state index contributed by atoms with van der Waals surface area (Å²) in [7, 11) is 0. The molecule has 14 heavy (non-hydrogen) atoms. The summed E-state index contributed by atoms with van der Waals surface area (Å²) in [5.41, 5.74) is -0.455. The molecular formula is C10H16N2O2. The lowest BCUT2D eigenvalue weighted by Crippen LogP contribution is -2.39. The molecule has 1 saturated heterocycles. The van der Waals surface area contributed by atoms with Crippen LogP contribution in [0.3, 0.4) is 0 Å². The van der Waals surface area contributed by atoms with E-state index < -0.39 is 5.60 Å². The zero-order valence-electron chi connectivity index (χ0n) is 8.83. The van der Waals surface area contributed by atoms with Crippen molar-refractivity contribution < 1.29 is 9.53 Å². The third-order valence-electron chi connectivity index (χ3n) is 1.99. The number of hydrogen-bond acceptors (Lipinski definition) is 4. The molecule has 0 aromatic carbocycles. The summed E-state index contributed by atoms with van der Waals surface area (Å²) in [4.78, 5) is 11.5. The van der Waals surface area contributed by atoms with Crippen LogP contribution in [-0.4, -0.2) is 23.7 Å². The molecule has 0 saturated carbocycles. The van der Waals surface area contributed by atoms with Crippen LogP contribution in [0, 0.1) is 11.3 Å². The van der Waals surface area contributed by atoms with Gasteiger partial charge in [-0.15, -0.1) is 0 Å². The van der Waals surface area contributed by atoms with Crippen LogP contribution >= 0.6 is 0 Å². The number of ether oxygens (including phenoxy) is 1. The summed E-state index contributed by atoms with van der Waals surface area (Å²) in [6.07, 6.45) is 1.41. The number of nitriles is 1. The molecule has 2 atom stereocenters. The van der Waals surface area contributed by atoms with Gasteiger partial charge in [0.25, 0.3) is 0 Å². The Morgan fingerprint density at radius 1 is 1.50 bits per heavy atom. The fourth-order valence-electron chi connectivity index (χ4n) is 1.40. The van der Waals surface area contributed by atoms with Crippen molar-refractivity contribution in [2.24, 2.45) is 0 Å². The van der Waals surface area contributed by atoms with Gasteiger partial charge >= 0.3 is 5.97 Å². The van der Waals surface area contributed by atoms with Crippen LogP contribution in [0.5, 0.6) is 0 Å². The molecule has 0 aromatic heterocycles. The number of carbonyl (C=O) groups excluding carboxylic acids is 1. The Labute approximate surface area is 84.2 Å². The molecule has 0 spiro atoms. The lowest BCUT2D eigenvalue weighted by atomic mass is 10.1. The molecule has 0 bridgehead atoms. The van der Waals surface area contributed by atoms with Gasteiger partial charge in [-0.2, -0.15) is 5.26 Å². The first-order valence-corrected chi connectivity index (χ1v) is 4.81. The van der Waals surface area contributed by atoms with Gasteiger partial charge in [-0.05, 0) is 33.6 Å². The van der Waals surface area contributed by atoms with Crippen molar-refractivity contribution in [3.8, 4) is 6.07 Å². The quantitative estimate of drug-likeness (QED) is 0.635. The molecule has 78 valence electrons. The highest BCUT2D eigenvalue weighted by Crippen LogP contribution is 2.16. The van der Waals surface area contributed by atoms with E-state index in [0.29, 0.717) is 6.42 Å². The highest BCUT2D eigenvalue weighted by atomic mass is 16.6. The zero-order chi connectivity index (χ0) is 10.8. The Bertz CT molecular complexity index is 262. The number of nitrogens with zero attached hydrogens (tertiary/aromatic N) is 1. The van der Waals surface area contributed by atoms with Crippen molar-refractivity contribution in [2.45, 2.75) is 51.3 Å². The van der Waals surface area contributed by atoms with E-state index in [2.05, 4.69) is 11.4 Å².